The summed E-state index contributed by atoms with van der Waals surface area (Å²) in [5.41, 5.74) is 0.905. The van der Waals surface area contributed by atoms with Gasteiger partial charge < -0.3 is 5.32 Å². The Kier molecular flexibility index (Phi) is 5.71. The molecule has 1 N–H and O–H groups in total. The number of Topliss-reactive ketones (excluding diaryl/α,β-unsaturated/α-hetero) is 2. The average molecular weight is 381 g/mol. The Bertz CT molecular complexity index is 917. The number of rotatable bonds is 7. The van der Waals surface area contributed by atoms with Gasteiger partial charge in [0.15, 0.2) is 16.7 Å². The highest BCUT2D eigenvalue weighted by atomic mass is 32.2. The number of carbonyl (C=O) groups excluding carboxylic acids is 2. The molecule has 1 aromatic carbocycles. The number of aryl methyl sites for hydroxylation is 1. The van der Waals surface area contributed by atoms with Gasteiger partial charge in [0.05, 0.1) is 22.0 Å². The molecule has 25 heavy (non-hydrogen) atoms. The van der Waals surface area contributed by atoms with Gasteiger partial charge in [-0.2, -0.15) is 0 Å². The van der Waals surface area contributed by atoms with E-state index in [0.717, 1.165) is 4.31 Å². The van der Waals surface area contributed by atoms with Crippen molar-refractivity contribution in [2.45, 2.75) is 18.7 Å². The first kappa shape index (κ1) is 19.2. The minimum atomic E-state index is -3.60. The van der Waals surface area contributed by atoms with E-state index in [4.69, 9.17) is 0 Å². The van der Waals surface area contributed by atoms with Crippen molar-refractivity contribution in [1.82, 2.24) is 9.29 Å². The second-order valence-electron chi connectivity index (χ2n) is 5.58. The molecular weight excluding hydrogens is 362 g/mol. The van der Waals surface area contributed by atoms with Crippen LogP contribution in [0.25, 0.3) is 0 Å². The van der Waals surface area contributed by atoms with Gasteiger partial charge in [0.2, 0.25) is 10.0 Å². The largest absolute Gasteiger partial charge is 0.354 e. The lowest BCUT2D eigenvalue weighted by Gasteiger charge is -2.12. The van der Waals surface area contributed by atoms with Gasteiger partial charge in [-0.1, -0.05) is 23.5 Å². The molecule has 1 aromatic heterocycles. The fourth-order valence-electron chi connectivity index (χ4n) is 2.10. The van der Waals surface area contributed by atoms with Gasteiger partial charge in [0.25, 0.3) is 0 Å². The molecule has 1 heterocycles. The number of sulfonamides is 1. The molecule has 0 saturated heterocycles. The number of anilines is 1. The van der Waals surface area contributed by atoms with Crippen molar-refractivity contribution in [2.24, 2.45) is 0 Å². The van der Waals surface area contributed by atoms with E-state index in [2.05, 4.69) is 10.3 Å². The Morgan fingerprint density at radius 2 is 1.96 bits per heavy atom. The number of carbonyl (C=O) groups is 2. The highest BCUT2D eigenvalue weighted by Crippen LogP contribution is 2.23. The summed E-state index contributed by atoms with van der Waals surface area (Å²) >= 11 is 1.19. The summed E-state index contributed by atoms with van der Waals surface area (Å²) in [6.45, 7) is 3.15. The molecule has 0 aliphatic heterocycles. The first-order valence-electron chi connectivity index (χ1n) is 7.41. The predicted octanol–water partition coefficient (Wildman–Crippen LogP) is 2.20. The molecule has 0 radical (unpaired) electrons. The lowest BCUT2D eigenvalue weighted by Crippen LogP contribution is -2.22. The third kappa shape index (κ3) is 4.30. The van der Waals surface area contributed by atoms with E-state index in [1.165, 1.54) is 50.6 Å². The Morgan fingerprint density at radius 1 is 1.28 bits per heavy atom. The van der Waals surface area contributed by atoms with Crippen LogP contribution in [0.3, 0.4) is 0 Å². The summed E-state index contributed by atoms with van der Waals surface area (Å²) in [5.74, 6) is -0.344. The van der Waals surface area contributed by atoms with Crippen LogP contribution in [0.4, 0.5) is 5.13 Å². The quantitative estimate of drug-likeness (QED) is 0.739. The molecule has 0 amide bonds. The normalized spacial score (nSPS) is 11.6. The smallest absolute Gasteiger partial charge is 0.242 e. The zero-order valence-corrected chi connectivity index (χ0v) is 16.0. The van der Waals surface area contributed by atoms with Gasteiger partial charge in [-0.15, -0.1) is 0 Å². The molecule has 9 heteroatoms. The average Bonchev–Trinajstić information content (AvgIpc) is 2.93. The van der Waals surface area contributed by atoms with Crippen molar-refractivity contribution in [3.63, 3.8) is 0 Å². The Hall–Kier alpha value is -2.10. The molecule has 0 aliphatic carbocycles. The fraction of sp³-hybridized carbons (Fsp3) is 0.312. The monoisotopic (exact) mass is 381 g/mol. The van der Waals surface area contributed by atoms with E-state index >= 15 is 0 Å². The number of hydrogen-bond donors (Lipinski definition) is 1. The summed E-state index contributed by atoms with van der Waals surface area (Å²) in [4.78, 5) is 28.6. The van der Waals surface area contributed by atoms with Crippen LogP contribution >= 0.6 is 11.3 Å². The number of nitrogens with zero attached hydrogens (tertiary/aromatic N) is 2. The van der Waals surface area contributed by atoms with Crippen molar-refractivity contribution in [2.75, 3.05) is 26.0 Å². The minimum absolute atomic E-state index is 0.0459. The summed E-state index contributed by atoms with van der Waals surface area (Å²) in [6.07, 6.45) is 0. The molecule has 0 unspecified atom stereocenters. The van der Waals surface area contributed by atoms with E-state index in [1.807, 2.05) is 0 Å². The highest BCUT2D eigenvalue weighted by molar-refractivity contribution is 7.89. The Morgan fingerprint density at radius 3 is 2.52 bits per heavy atom. The maximum Gasteiger partial charge on any atom is 0.242 e. The van der Waals surface area contributed by atoms with Gasteiger partial charge in [-0.3, -0.25) is 9.59 Å². The standard InChI is InChI=1S/C16H19N3O4S2/c1-10-15(11(2)20)24-16(18-10)17-9-14(21)12-6-5-7-13(8-12)25(22,23)19(3)4/h5-8H,9H2,1-4H3,(H,17,18). The van der Waals surface area contributed by atoms with Gasteiger partial charge in [-0.05, 0) is 19.1 Å². The molecule has 134 valence electrons. The highest BCUT2D eigenvalue weighted by Gasteiger charge is 2.19. The maximum atomic E-state index is 12.3. The van der Waals surface area contributed by atoms with Crippen LogP contribution in [0, 0.1) is 6.92 Å². The SMILES string of the molecule is CC(=O)c1sc(NCC(=O)c2cccc(S(=O)(=O)N(C)C)c2)nc1C. The number of benzene rings is 1. The van der Waals surface area contributed by atoms with E-state index in [-0.39, 0.29) is 28.6 Å². The van der Waals surface area contributed by atoms with Crippen LogP contribution in [-0.4, -0.2) is 49.9 Å². The predicted molar refractivity (Wildman–Crippen MR) is 97.0 cm³/mol. The summed E-state index contributed by atoms with van der Waals surface area (Å²) in [6, 6.07) is 5.90. The number of ketones is 2. The van der Waals surface area contributed by atoms with Crippen LogP contribution in [0.15, 0.2) is 29.2 Å². The second kappa shape index (κ2) is 7.42. The first-order valence-corrected chi connectivity index (χ1v) is 9.66. The van der Waals surface area contributed by atoms with E-state index < -0.39 is 10.0 Å². The number of nitrogens with one attached hydrogen (secondary N) is 1. The molecule has 0 atom stereocenters. The minimum Gasteiger partial charge on any atom is -0.354 e. The van der Waals surface area contributed by atoms with Crippen molar-refractivity contribution in [3.05, 3.63) is 40.4 Å². The Labute approximate surface area is 150 Å². The van der Waals surface area contributed by atoms with Crippen LogP contribution in [-0.2, 0) is 10.0 Å². The molecule has 0 aliphatic rings. The van der Waals surface area contributed by atoms with Crippen LogP contribution in [0.1, 0.15) is 32.6 Å². The third-order valence-electron chi connectivity index (χ3n) is 3.45. The van der Waals surface area contributed by atoms with E-state index in [1.54, 1.807) is 13.0 Å². The third-order valence-corrected chi connectivity index (χ3v) is 6.48. The van der Waals surface area contributed by atoms with Gasteiger partial charge in [0.1, 0.15) is 0 Å². The maximum absolute atomic E-state index is 12.3. The number of hydrogen-bond acceptors (Lipinski definition) is 7. The van der Waals surface area contributed by atoms with Crippen molar-refractivity contribution in [1.29, 1.82) is 0 Å². The molecular formula is C16H19N3O4S2. The fourth-order valence-corrected chi connectivity index (χ4v) is 3.90. The Balaban J connectivity index is 2.14. The summed E-state index contributed by atoms with van der Waals surface area (Å²) in [7, 11) is -0.732. The molecule has 0 saturated carbocycles. The number of aromatic nitrogens is 1. The zero-order valence-electron chi connectivity index (χ0n) is 14.4. The molecule has 2 aromatic rings. The van der Waals surface area contributed by atoms with Crippen LogP contribution in [0.5, 0.6) is 0 Å². The molecule has 0 spiro atoms. The van der Waals surface area contributed by atoms with Gasteiger partial charge >= 0.3 is 0 Å². The van der Waals surface area contributed by atoms with Crippen molar-refractivity contribution >= 4 is 38.1 Å². The van der Waals surface area contributed by atoms with Crippen LogP contribution in [0.2, 0.25) is 0 Å². The zero-order chi connectivity index (χ0) is 18.8. The topological polar surface area (TPSA) is 96.4 Å². The summed E-state index contributed by atoms with van der Waals surface area (Å²) < 4.78 is 25.4. The van der Waals surface area contributed by atoms with E-state index in [9.17, 15) is 18.0 Å². The molecule has 7 nitrogen and oxygen atoms in total. The first-order chi connectivity index (χ1) is 11.6. The van der Waals surface area contributed by atoms with Crippen molar-refractivity contribution in [3.8, 4) is 0 Å². The lowest BCUT2D eigenvalue weighted by molar-refractivity contribution is 0.100. The van der Waals surface area contributed by atoms with Crippen LogP contribution < -0.4 is 5.32 Å². The van der Waals surface area contributed by atoms with Gasteiger partial charge in [0, 0.05) is 26.6 Å². The van der Waals surface area contributed by atoms with E-state index in [0.29, 0.717) is 15.7 Å². The van der Waals surface area contributed by atoms with Gasteiger partial charge in [-0.25, -0.2) is 17.7 Å². The van der Waals surface area contributed by atoms with Crippen molar-refractivity contribution < 1.29 is 18.0 Å². The number of thiazole rings is 1. The molecule has 0 fully saturated rings. The lowest BCUT2D eigenvalue weighted by atomic mass is 10.1. The molecule has 0 bridgehead atoms. The molecule has 2 rings (SSSR count). The second-order valence-corrected chi connectivity index (χ2v) is 8.73. The summed E-state index contributed by atoms with van der Waals surface area (Å²) in [5, 5.41) is 3.37.